The van der Waals surface area contributed by atoms with Crippen LogP contribution in [0.4, 0.5) is 0 Å². The van der Waals surface area contributed by atoms with Gasteiger partial charge in [0, 0.05) is 6.42 Å². The van der Waals surface area contributed by atoms with Gasteiger partial charge in [-0.2, -0.15) is 0 Å². The zero-order valence-electron chi connectivity index (χ0n) is 10.7. The summed E-state index contributed by atoms with van der Waals surface area (Å²) in [5.74, 6) is -1.90. The van der Waals surface area contributed by atoms with Gasteiger partial charge in [0.2, 0.25) is 0 Å². The van der Waals surface area contributed by atoms with Crippen molar-refractivity contribution in [2.75, 3.05) is 6.61 Å². The Morgan fingerprint density at radius 3 is 2.28 bits per heavy atom. The van der Waals surface area contributed by atoms with E-state index in [0.717, 1.165) is 19.3 Å². The van der Waals surface area contributed by atoms with Crippen LogP contribution in [0.2, 0.25) is 0 Å². The van der Waals surface area contributed by atoms with Crippen molar-refractivity contribution < 1.29 is 30.3 Å². The minimum atomic E-state index is -1.90. The fraction of sp³-hybridized carbons (Fsp3) is 1.00. The predicted molar refractivity (Wildman–Crippen MR) is 63.7 cm³/mol. The molecule has 0 bridgehead atoms. The van der Waals surface area contributed by atoms with Crippen molar-refractivity contribution in [3.63, 3.8) is 0 Å². The van der Waals surface area contributed by atoms with Crippen LogP contribution in [0, 0.1) is 0 Å². The molecule has 1 fully saturated rings. The van der Waals surface area contributed by atoms with Crippen molar-refractivity contribution in [3.8, 4) is 0 Å². The van der Waals surface area contributed by atoms with Crippen molar-refractivity contribution in [1.29, 1.82) is 0 Å². The van der Waals surface area contributed by atoms with E-state index in [0.29, 0.717) is 6.42 Å². The normalized spacial score (nSPS) is 41.0. The summed E-state index contributed by atoms with van der Waals surface area (Å²) < 4.78 is 5.14. The van der Waals surface area contributed by atoms with E-state index in [1.54, 1.807) is 0 Å². The van der Waals surface area contributed by atoms with Crippen LogP contribution in [-0.4, -0.2) is 62.3 Å². The largest absolute Gasteiger partial charge is 0.394 e. The van der Waals surface area contributed by atoms with Gasteiger partial charge in [-0.25, -0.2) is 0 Å². The van der Waals surface area contributed by atoms with Gasteiger partial charge in [0.1, 0.15) is 24.4 Å². The van der Waals surface area contributed by atoms with E-state index in [-0.39, 0.29) is 6.42 Å². The zero-order chi connectivity index (χ0) is 13.8. The number of aliphatic hydroxyl groups excluding tert-OH is 4. The first kappa shape index (κ1) is 15.8. The second-order valence-corrected chi connectivity index (χ2v) is 4.92. The molecule has 18 heavy (non-hydrogen) atoms. The van der Waals surface area contributed by atoms with Crippen LogP contribution in [0.25, 0.3) is 0 Å². The van der Waals surface area contributed by atoms with E-state index in [2.05, 4.69) is 6.92 Å². The SMILES string of the molecule is CCCCCC[C@]1(O)O[C@H](CO)[C@H](O)[C@H](O)[C@H]1O. The predicted octanol–water partition coefficient (Wildman–Crippen LogP) is -0.881. The summed E-state index contributed by atoms with van der Waals surface area (Å²) in [4.78, 5) is 0. The molecular weight excluding hydrogens is 240 g/mol. The van der Waals surface area contributed by atoms with Crippen LogP contribution in [0.1, 0.15) is 39.0 Å². The molecule has 0 aromatic rings. The summed E-state index contributed by atoms with van der Waals surface area (Å²) in [6.45, 7) is 1.53. The van der Waals surface area contributed by atoms with Gasteiger partial charge in [-0.1, -0.05) is 26.2 Å². The molecule has 1 saturated heterocycles. The summed E-state index contributed by atoms with van der Waals surface area (Å²) in [7, 11) is 0. The Morgan fingerprint density at radius 2 is 1.72 bits per heavy atom. The summed E-state index contributed by atoms with van der Waals surface area (Å²) in [5.41, 5.74) is 0. The van der Waals surface area contributed by atoms with Gasteiger partial charge < -0.3 is 30.3 Å². The molecule has 0 aliphatic carbocycles. The highest BCUT2D eigenvalue weighted by molar-refractivity contribution is 4.95. The van der Waals surface area contributed by atoms with E-state index in [1.165, 1.54) is 0 Å². The molecule has 0 unspecified atom stereocenters. The highest BCUT2D eigenvalue weighted by Gasteiger charge is 2.51. The fourth-order valence-electron chi connectivity index (χ4n) is 2.23. The number of unbranched alkanes of at least 4 members (excludes halogenated alkanes) is 3. The first-order valence-electron chi connectivity index (χ1n) is 6.51. The Morgan fingerprint density at radius 1 is 1.06 bits per heavy atom. The van der Waals surface area contributed by atoms with Crippen LogP contribution in [0.3, 0.4) is 0 Å². The summed E-state index contributed by atoms with van der Waals surface area (Å²) >= 11 is 0. The Kier molecular flexibility index (Phi) is 5.97. The van der Waals surface area contributed by atoms with E-state index in [1.807, 2.05) is 0 Å². The zero-order valence-corrected chi connectivity index (χ0v) is 10.7. The summed E-state index contributed by atoms with van der Waals surface area (Å²) in [5, 5.41) is 48.1. The molecule has 1 aliphatic heterocycles. The number of hydrogen-bond donors (Lipinski definition) is 5. The van der Waals surface area contributed by atoms with E-state index < -0.39 is 36.8 Å². The Labute approximate surface area is 107 Å². The van der Waals surface area contributed by atoms with Crippen molar-refractivity contribution in [3.05, 3.63) is 0 Å². The minimum Gasteiger partial charge on any atom is -0.394 e. The van der Waals surface area contributed by atoms with E-state index >= 15 is 0 Å². The van der Waals surface area contributed by atoms with E-state index in [9.17, 15) is 20.4 Å². The van der Waals surface area contributed by atoms with Gasteiger partial charge in [-0.15, -0.1) is 0 Å². The van der Waals surface area contributed by atoms with Gasteiger partial charge in [0.25, 0.3) is 0 Å². The number of aliphatic hydroxyl groups is 5. The molecule has 0 radical (unpaired) electrons. The molecule has 0 aromatic heterocycles. The monoisotopic (exact) mass is 264 g/mol. The Balaban J connectivity index is 2.60. The summed E-state index contributed by atoms with van der Waals surface area (Å²) in [6.07, 6.45) is -1.83. The molecule has 1 heterocycles. The highest BCUT2D eigenvalue weighted by atomic mass is 16.7. The lowest BCUT2D eigenvalue weighted by molar-refractivity contribution is -0.351. The lowest BCUT2D eigenvalue weighted by atomic mass is 9.89. The standard InChI is InChI=1S/C12H24O6/c1-2-3-4-5-6-12(17)11(16)10(15)9(14)8(7-13)18-12/h8-11,13-17H,2-7H2,1H3/t8-,9+,10+,11-,12+/m1/s1. The Hall–Kier alpha value is -0.240. The van der Waals surface area contributed by atoms with Crippen molar-refractivity contribution in [1.82, 2.24) is 0 Å². The lowest BCUT2D eigenvalue weighted by Crippen LogP contribution is -2.65. The van der Waals surface area contributed by atoms with Crippen LogP contribution in [0.5, 0.6) is 0 Å². The molecule has 0 amide bonds. The molecule has 6 heteroatoms. The molecule has 0 saturated carbocycles. The van der Waals surface area contributed by atoms with Crippen LogP contribution >= 0.6 is 0 Å². The molecule has 0 aromatic carbocycles. The minimum absolute atomic E-state index is 0.161. The highest BCUT2D eigenvalue weighted by Crippen LogP contribution is 2.32. The van der Waals surface area contributed by atoms with Gasteiger partial charge >= 0.3 is 0 Å². The molecule has 0 spiro atoms. The second-order valence-electron chi connectivity index (χ2n) is 4.92. The fourth-order valence-corrected chi connectivity index (χ4v) is 2.23. The maximum Gasteiger partial charge on any atom is 0.195 e. The average molecular weight is 264 g/mol. The van der Waals surface area contributed by atoms with Crippen molar-refractivity contribution in [2.24, 2.45) is 0 Å². The molecule has 108 valence electrons. The van der Waals surface area contributed by atoms with Crippen LogP contribution in [-0.2, 0) is 4.74 Å². The number of hydrogen-bond acceptors (Lipinski definition) is 6. The van der Waals surface area contributed by atoms with Crippen LogP contribution in [0.15, 0.2) is 0 Å². The lowest BCUT2D eigenvalue weighted by Gasteiger charge is -2.45. The molecule has 1 aliphatic rings. The van der Waals surface area contributed by atoms with Gasteiger partial charge in [0.05, 0.1) is 6.61 Å². The smallest absolute Gasteiger partial charge is 0.195 e. The maximum absolute atomic E-state index is 10.2. The molecule has 1 rings (SSSR count). The quantitative estimate of drug-likeness (QED) is 0.398. The average Bonchev–Trinajstić information content (AvgIpc) is 2.37. The topological polar surface area (TPSA) is 110 Å². The Bertz CT molecular complexity index is 247. The van der Waals surface area contributed by atoms with Crippen LogP contribution < -0.4 is 0 Å². The molecular formula is C12H24O6. The van der Waals surface area contributed by atoms with Gasteiger partial charge in [-0.3, -0.25) is 0 Å². The maximum atomic E-state index is 10.2. The van der Waals surface area contributed by atoms with E-state index in [4.69, 9.17) is 9.84 Å². The van der Waals surface area contributed by atoms with Gasteiger partial charge in [-0.05, 0) is 6.42 Å². The number of rotatable bonds is 6. The number of ether oxygens (including phenoxy) is 1. The third kappa shape index (κ3) is 3.40. The molecule has 5 atom stereocenters. The molecule has 6 nitrogen and oxygen atoms in total. The third-order valence-electron chi connectivity index (χ3n) is 3.44. The molecule has 5 N–H and O–H groups in total. The van der Waals surface area contributed by atoms with Crippen molar-refractivity contribution >= 4 is 0 Å². The second kappa shape index (κ2) is 6.79. The van der Waals surface area contributed by atoms with Gasteiger partial charge in [0.15, 0.2) is 5.79 Å². The third-order valence-corrected chi connectivity index (χ3v) is 3.44. The first-order valence-corrected chi connectivity index (χ1v) is 6.51. The first-order chi connectivity index (χ1) is 8.46. The van der Waals surface area contributed by atoms with Crippen molar-refractivity contribution in [2.45, 2.75) is 69.2 Å². The summed E-state index contributed by atoms with van der Waals surface area (Å²) in [6, 6.07) is 0.